The van der Waals surface area contributed by atoms with E-state index in [2.05, 4.69) is 36.3 Å². The van der Waals surface area contributed by atoms with Crippen LogP contribution in [0.15, 0.2) is 30.3 Å². The molecule has 2 aliphatic heterocycles. The van der Waals surface area contributed by atoms with Crippen molar-refractivity contribution in [1.29, 1.82) is 0 Å². The highest BCUT2D eigenvalue weighted by Crippen LogP contribution is 2.26. The smallest absolute Gasteiger partial charge is 0.247 e. The number of nitrogens with zero attached hydrogens (tertiary/aromatic N) is 4. The van der Waals surface area contributed by atoms with E-state index in [1.807, 2.05) is 11.8 Å². The van der Waals surface area contributed by atoms with Crippen molar-refractivity contribution in [3.8, 4) is 0 Å². The number of likely N-dealkylation sites (tertiary alicyclic amines) is 1. The fourth-order valence-electron chi connectivity index (χ4n) is 3.99. The summed E-state index contributed by atoms with van der Waals surface area (Å²) in [5.41, 5.74) is 3.81. The zero-order valence-corrected chi connectivity index (χ0v) is 19.5. The third-order valence-electron chi connectivity index (χ3n) is 5.82. The van der Waals surface area contributed by atoms with Gasteiger partial charge in [-0.15, -0.1) is 11.8 Å². The number of hydrogen-bond acceptors (Lipinski definition) is 4. The fraction of sp³-hybridized carbons (Fsp3) is 0.435. The lowest BCUT2D eigenvalue weighted by Crippen LogP contribution is -2.47. The first-order chi connectivity index (χ1) is 14.9. The molecule has 0 spiro atoms. The number of benzene rings is 1. The van der Waals surface area contributed by atoms with Gasteiger partial charge in [0.2, 0.25) is 11.8 Å². The minimum Gasteiger partial charge on any atom is -0.341 e. The Balaban J connectivity index is 1.46. The maximum absolute atomic E-state index is 12.9. The number of aryl methyl sites for hydroxylation is 2. The molecule has 2 amide bonds. The number of halogens is 1. The van der Waals surface area contributed by atoms with Crippen LogP contribution >= 0.6 is 23.4 Å². The molecule has 8 heteroatoms. The Labute approximate surface area is 192 Å². The number of rotatable bonds is 5. The first kappa shape index (κ1) is 22.0. The maximum Gasteiger partial charge on any atom is 0.247 e. The van der Waals surface area contributed by atoms with E-state index in [9.17, 15) is 9.59 Å². The quantitative estimate of drug-likeness (QED) is 0.640. The van der Waals surface area contributed by atoms with Crippen molar-refractivity contribution >= 4 is 41.3 Å². The Morgan fingerprint density at radius 2 is 1.90 bits per heavy atom. The topological polar surface area (TPSA) is 58.4 Å². The highest BCUT2D eigenvalue weighted by atomic mass is 35.5. The highest BCUT2D eigenvalue weighted by Gasteiger charge is 2.37. The molecule has 164 valence electrons. The molecular weight excluding hydrogens is 432 g/mol. The summed E-state index contributed by atoms with van der Waals surface area (Å²) in [5, 5.41) is 5.04. The van der Waals surface area contributed by atoms with Gasteiger partial charge in [-0.1, -0.05) is 41.4 Å². The molecular formula is C23H27ClN4O2S. The van der Waals surface area contributed by atoms with Crippen LogP contribution in [0.4, 0.5) is 0 Å². The van der Waals surface area contributed by atoms with Crippen LogP contribution in [-0.4, -0.2) is 62.2 Å². The summed E-state index contributed by atoms with van der Waals surface area (Å²) >= 11 is 8.20. The highest BCUT2D eigenvalue weighted by molar-refractivity contribution is 7.99. The van der Waals surface area contributed by atoms with Crippen molar-refractivity contribution in [2.24, 2.45) is 0 Å². The van der Waals surface area contributed by atoms with Gasteiger partial charge >= 0.3 is 0 Å². The van der Waals surface area contributed by atoms with Crippen LogP contribution < -0.4 is 0 Å². The standard InChI is InChI=1S/C23H27ClN4O2S/c1-16-5-7-18(8-6-16)13-28-22(24)19(17(2)25-28)9-10-21(29)27-15-31-14-20(27)23(30)26-11-3-4-12-26/h5-10,20H,3-4,11-15H2,1-2H3. The number of carbonyl (C=O) groups excluding carboxylic acids is 2. The average molecular weight is 459 g/mol. The number of hydrogen-bond donors (Lipinski definition) is 0. The molecule has 0 N–H and O–H groups in total. The van der Waals surface area contributed by atoms with Crippen LogP contribution in [0.25, 0.3) is 6.08 Å². The SMILES string of the molecule is Cc1ccc(Cn2nc(C)c(C=CC(=O)N3CSCC3C(=O)N3CCCC3)c2Cl)cc1. The van der Waals surface area contributed by atoms with E-state index in [1.165, 1.54) is 11.6 Å². The molecule has 2 fully saturated rings. The lowest BCUT2D eigenvalue weighted by atomic mass is 10.1. The second-order valence-electron chi connectivity index (χ2n) is 8.12. The zero-order valence-electron chi connectivity index (χ0n) is 17.9. The molecule has 0 aliphatic carbocycles. The lowest BCUT2D eigenvalue weighted by Gasteiger charge is -2.26. The van der Waals surface area contributed by atoms with Crippen molar-refractivity contribution in [2.45, 2.75) is 39.3 Å². The van der Waals surface area contributed by atoms with Gasteiger partial charge in [0.1, 0.15) is 11.2 Å². The second-order valence-corrected chi connectivity index (χ2v) is 9.48. The van der Waals surface area contributed by atoms with Gasteiger partial charge in [-0.05, 0) is 38.3 Å². The van der Waals surface area contributed by atoms with E-state index in [0.29, 0.717) is 23.3 Å². The van der Waals surface area contributed by atoms with Gasteiger partial charge in [0.15, 0.2) is 0 Å². The molecule has 2 saturated heterocycles. The van der Waals surface area contributed by atoms with E-state index in [0.717, 1.165) is 42.8 Å². The van der Waals surface area contributed by atoms with Gasteiger partial charge in [0.05, 0.1) is 18.1 Å². The van der Waals surface area contributed by atoms with Crippen LogP contribution in [0.1, 0.15) is 35.2 Å². The number of aromatic nitrogens is 2. The number of carbonyl (C=O) groups is 2. The summed E-state index contributed by atoms with van der Waals surface area (Å²) in [6.45, 7) is 6.10. The van der Waals surface area contributed by atoms with Crippen molar-refractivity contribution in [3.63, 3.8) is 0 Å². The Morgan fingerprint density at radius 1 is 1.19 bits per heavy atom. The molecule has 2 aliphatic rings. The largest absolute Gasteiger partial charge is 0.341 e. The third kappa shape index (κ3) is 4.83. The molecule has 2 aromatic rings. The van der Waals surface area contributed by atoms with E-state index in [4.69, 9.17) is 11.6 Å². The van der Waals surface area contributed by atoms with Crippen LogP contribution in [0.5, 0.6) is 0 Å². The summed E-state index contributed by atoms with van der Waals surface area (Å²) in [6, 6.07) is 7.87. The summed E-state index contributed by atoms with van der Waals surface area (Å²) in [6.07, 6.45) is 5.33. The van der Waals surface area contributed by atoms with Gasteiger partial charge in [-0.3, -0.25) is 9.59 Å². The monoisotopic (exact) mass is 458 g/mol. The van der Waals surface area contributed by atoms with E-state index < -0.39 is 0 Å². The second kappa shape index (κ2) is 9.49. The van der Waals surface area contributed by atoms with Gasteiger partial charge in [0, 0.05) is 30.5 Å². The Morgan fingerprint density at radius 3 is 2.61 bits per heavy atom. The van der Waals surface area contributed by atoms with Gasteiger partial charge in [-0.2, -0.15) is 5.10 Å². The summed E-state index contributed by atoms with van der Waals surface area (Å²) in [5.74, 6) is 1.10. The molecule has 1 atom stereocenters. The lowest BCUT2D eigenvalue weighted by molar-refractivity contribution is -0.140. The molecule has 31 heavy (non-hydrogen) atoms. The van der Waals surface area contributed by atoms with Crippen molar-refractivity contribution in [3.05, 3.63) is 57.9 Å². The summed E-state index contributed by atoms with van der Waals surface area (Å²) < 4.78 is 1.75. The Hall–Kier alpha value is -2.25. The number of thioether (sulfide) groups is 1. The van der Waals surface area contributed by atoms with Gasteiger partial charge in [0.25, 0.3) is 0 Å². The summed E-state index contributed by atoms with van der Waals surface area (Å²) in [4.78, 5) is 29.2. The Bertz CT molecular complexity index is 996. The van der Waals surface area contributed by atoms with Crippen LogP contribution in [0, 0.1) is 13.8 Å². The number of amides is 2. The Kier molecular flexibility index (Phi) is 6.72. The average Bonchev–Trinajstić information content (AvgIpc) is 3.50. The molecule has 4 rings (SSSR count). The van der Waals surface area contributed by atoms with E-state index >= 15 is 0 Å². The van der Waals surface area contributed by atoms with E-state index in [1.54, 1.807) is 27.4 Å². The molecule has 1 unspecified atom stereocenters. The van der Waals surface area contributed by atoms with Gasteiger partial charge < -0.3 is 9.80 Å². The van der Waals surface area contributed by atoms with Gasteiger partial charge in [-0.25, -0.2) is 4.68 Å². The normalized spacial score (nSPS) is 19.0. The maximum atomic E-state index is 12.9. The zero-order chi connectivity index (χ0) is 22.0. The molecule has 3 heterocycles. The van der Waals surface area contributed by atoms with Crippen LogP contribution in [-0.2, 0) is 16.1 Å². The minimum atomic E-state index is -0.374. The molecule has 6 nitrogen and oxygen atoms in total. The van der Waals surface area contributed by atoms with Crippen molar-refractivity contribution in [2.75, 3.05) is 24.7 Å². The van der Waals surface area contributed by atoms with Crippen molar-refractivity contribution in [1.82, 2.24) is 19.6 Å². The summed E-state index contributed by atoms with van der Waals surface area (Å²) in [7, 11) is 0. The van der Waals surface area contributed by atoms with Crippen LogP contribution in [0.2, 0.25) is 5.15 Å². The van der Waals surface area contributed by atoms with Crippen molar-refractivity contribution < 1.29 is 9.59 Å². The third-order valence-corrected chi connectivity index (χ3v) is 7.23. The molecule has 1 aromatic carbocycles. The molecule has 1 aromatic heterocycles. The first-order valence-corrected chi connectivity index (χ1v) is 12.1. The van der Waals surface area contributed by atoms with Crippen LogP contribution in [0.3, 0.4) is 0 Å². The fourth-order valence-corrected chi connectivity index (χ4v) is 5.44. The molecule has 0 radical (unpaired) electrons. The molecule has 0 bridgehead atoms. The molecule has 0 saturated carbocycles. The van der Waals surface area contributed by atoms with E-state index in [-0.39, 0.29) is 17.9 Å². The predicted molar refractivity (Wildman–Crippen MR) is 125 cm³/mol. The minimum absolute atomic E-state index is 0.0735. The first-order valence-electron chi connectivity index (χ1n) is 10.6. The predicted octanol–water partition coefficient (Wildman–Crippen LogP) is 3.74.